The van der Waals surface area contributed by atoms with E-state index < -0.39 is 5.76 Å². The van der Waals surface area contributed by atoms with E-state index in [1.54, 1.807) is 23.2 Å². The van der Waals surface area contributed by atoms with E-state index in [9.17, 15) is 9.59 Å². The summed E-state index contributed by atoms with van der Waals surface area (Å²) < 4.78 is 6.42. The Labute approximate surface area is 132 Å². The van der Waals surface area contributed by atoms with E-state index in [-0.39, 0.29) is 12.5 Å². The molecular weight excluding hydrogens is 294 g/mol. The zero-order chi connectivity index (χ0) is 15.8. The molecule has 6 heteroatoms. The number of pyridine rings is 1. The number of oxazole rings is 1. The maximum absolute atomic E-state index is 12.7. The minimum absolute atomic E-state index is 0.0722. The van der Waals surface area contributed by atoms with Gasteiger partial charge in [0.2, 0.25) is 5.91 Å². The number of carbonyl (C=O) groups is 1. The van der Waals surface area contributed by atoms with Crippen LogP contribution in [0.15, 0.2) is 51.8 Å². The van der Waals surface area contributed by atoms with Gasteiger partial charge in [-0.1, -0.05) is 18.2 Å². The van der Waals surface area contributed by atoms with Crippen molar-refractivity contribution in [3.8, 4) is 0 Å². The first-order valence-corrected chi connectivity index (χ1v) is 7.56. The molecule has 0 spiro atoms. The van der Waals surface area contributed by atoms with E-state index in [0.29, 0.717) is 17.8 Å². The summed E-state index contributed by atoms with van der Waals surface area (Å²) in [5.41, 5.74) is 2.88. The van der Waals surface area contributed by atoms with Crippen LogP contribution in [0.4, 0.5) is 5.69 Å². The fourth-order valence-corrected chi connectivity index (χ4v) is 3.05. The number of aryl methyl sites for hydroxylation is 1. The zero-order valence-electron chi connectivity index (χ0n) is 12.4. The summed E-state index contributed by atoms with van der Waals surface area (Å²) in [5, 5.41) is 0. The van der Waals surface area contributed by atoms with Crippen molar-refractivity contribution in [2.45, 2.75) is 19.4 Å². The minimum Gasteiger partial charge on any atom is -0.406 e. The smallest absolute Gasteiger partial charge is 0.406 e. The summed E-state index contributed by atoms with van der Waals surface area (Å²) in [4.78, 5) is 30.6. The third-order valence-corrected chi connectivity index (χ3v) is 4.13. The van der Waals surface area contributed by atoms with Crippen LogP contribution in [0.5, 0.6) is 0 Å². The van der Waals surface area contributed by atoms with Crippen molar-refractivity contribution in [3.63, 3.8) is 0 Å². The Kier molecular flexibility index (Phi) is 3.22. The van der Waals surface area contributed by atoms with Gasteiger partial charge in [-0.15, -0.1) is 0 Å². The zero-order valence-corrected chi connectivity index (χ0v) is 12.4. The lowest BCUT2D eigenvalue weighted by atomic mass is 10.0. The van der Waals surface area contributed by atoms with E-state index in [1.807, 2.05) is 24.3 Å². The Hall–Kier alpha value is -2.89. The number of rotatable bonds is 2. The molecule has 0 N–H and O–H groups in total. The lowest BCUT2D eigenvalue weighted by Crippen LogP contribution is -2.39. The van der Waals surface area contributed by atoms with Gasteiger partial charge < -0.3 is 9.32 Å². The first-order valence-electron chi connectivity index (χ1n) is 7.56. The highest BCUT2D eigenvalue weighted by Crippen LogP contribution is 2.27. The van der Waals surface area contributed by atoms with E-state index in [2.05, 4.69) is 4.98 Å². The van der Waals surface area contributed by atoms with Gasteiger partial charge >= 0.3 is 5.76 Å². The van der Waals surface area contributed by atoms with Gasteiger partial charge in [-0.05, 0) is 36.6 Å². The highest BCUT2D eigenvalue weighted by atomic mass is 16.4. The standard InChI is InChI=1S/C17H15N3O3/c21-15(19-10-4-6-12-5-1-2-7-13(12)19)11-20-16-14(23-17(20)22)8-3-9-18-16/h1-3,5,7-9H,4,6,10-11H2. The third kappa shape index (κ3) is 2.32. The minimum atomic E-state index is -0.558. The number of aromatic nitrogens is 2. The fraction of sp³-hybridized carbons (Fsp3) is 0.235. The molecule has 1 aliphatic rings. The predicted molar refractivity (Wildman–Crippen MR) is 85.4 cm³/mol. The average molecular weight is 309 g/mol. The summed E-state index contributed by atoms with van der Waals surface area (Å²) in [6, 6.07) is 11.2. The topological polar surface area (TPSA) is 68.3 Å². The SMILES string of the molecule is O=C(Cn1c(=O)oc2cccnc21)N1CCCc2ccccc21. The lowest BCUT2D eigenvalue weighted by Gasteiger charge is -2.29. The van der Waals surface area contributed by atoms with Gasteiger partial charge in [-0.25, -0.2) is 14.3 Å². The molecule has 6 nitrogen and oxygen atoms in total. The average Bonchev–Trinajstić information content (AvgIpc) is 2.90. The number of benzene rings is 1. The molecule has 3 heterocycles. The van der Waals surface area contributed by atoms with Crippen LogP contribution in [-0.4, -0.2) is 22.0 Å². The number of amides is 1. The molecule has 0 unspecified atom stereocenters. The number of fused-ring (bicyclic) bond motifs is 2. The maximum Gasteiger partial charge on any atom is 0.421 e. The molecule has 23 heavy (non-hydrogen) atoms. The van der Waals surface area contributed by atoms with Crippen LogP contribution in [0.25, 0.3) is 11.2 Å². The fourth-order valence-electron chi connectivity index (χ4n) is 3.05. The van der Waals surface area contributed by atoms with Crippen molar-refractivity contribution in [2.24, 2.45) is 0 Å². The molecule has 4 rings (SSSR count). The van der Waals surface area contributed by atoms with E-state index >= 15 is 0 Å². The van der Waals surface area contributed by atoms with Crippen LogP contribution >= 0.6 is 0 Å². The molecule has 0 saturated heterocycles. The summed E-state index contributed by atoms with van der Waals surface area (Å²) in [6.07, 6.45) is 3.46. The van der Waals surface area contributed by atoms with Crippen molar-refractivity contribution in [1.29, 1.82) is 0 Å². The number of nitrogens with zero attached hydrogens (tertiary/aromatic N) is 3. The van der Waals surface area contributed by atoms with Crippen LogP contribution in [-0.2, 0) is 17.8 Å². The van der Waals surface area contributed by atoms with Gasteiger partial charge in [0.25, 0.3) is 0 Å². The Morgan fingerprint density at radius 2 is 2.09 bits per heavy atom. The number of carbonyl (C=O) groups excluding carboxylic acids is 1. The first-order chi connectivity index (χ1) is 11.2. The van der Waals surface area contributed by atoms with Crippen molar-refractivity contribution < 1.29 is 9.21 Å². The second-order valence-electron chi connectivity index (χ2n) is 5.56. The molecule has 0 atom stereocenters. The van der Waals surface area contributed by atoms with Gasteiger partial charge in [-0.2, -0.15) is 0 Å². The Morgan fingerprint density at radius 3 is 3.00 bits per heavy atom. The molecule has 1 amide bonds. The number of anilines is 1. The maximum atomic E-state index is 12.7. The largest absolute Gasteiger partial charge is 0.421 e. The van der Waals surface area contributed by atoms with E-state index in [0.717, 1.165) is 24.1 Å². The van der Waals surface area contributed by atoms with E-state index in [1.165, 1.54) is 4.57 Å². The highest BCUT2D eigenvalue weighted by Gasteiger charge is 2.24. The molecule has 1 aromatic carbocycles. The van der Waals surface area contributed by atoms with Crippen LogP contribution in [0, 0.1) is 0 Å². The van der Waals surface area contributed by atoms with Gasteiger partial charge in [0, 0.05) is 18.4 Å². The molecule has 0 saturated carbocycles. The predicted octanol–water partition coefficient (Wildman–Crippen LogP) is 1.97. The van der Waals surface area contributed by atoms with Gasteiger partial charge in [0.1, 0.15) is 6.54 Å². The summed E-state index contributed by atoms with van der Waals surface area (Å²) in [7, 11) is 0. The molecule has 0 fully saturated rings. The molecule has 2 aromatic heterocycles. The number of hydrogen-bond acceptors (Lipinski definition) is 4. The summed E-state index contributed by atoms with van der Waals surface area (Å²) in [6.45, 7) is 0.588. The normalized spacial score (nSPS) is 14.0. The van der Waals surface area contributed by atoms with Crippen LogP contribution in [0.2, 0.25) is 0 Å². The van der Waals surface area contributed by atoms with E-state index in [4.69, 9.17) is 4.42 Å². The number of para-hydroxylation sites is 1. The quantitative estimate of drug-likeness (QED) is 0.726. The van der Waals surface area contributed by atoms with Crippen LogP contribution in [0.1, 0.15) is 12.0 Å². The third-order valence-electron chi connectivity index (χ3n) is 4.13. The van der Waals surface area contributed by atoms with Crippen LogP contribution in [0.3, 0.4) is 0 Å². The first kappa shape index (κ1) is 13.8. The van der Waals surface area contributed by atoms with Crippen LogP contribution < -0.4 is 10.7 Å². The highest BCUT2D eigenvalue weighted by molar-refractivity contribution is 5.94. The molecule has 3 aromatic rings. The Morgan fingerprint density at radius 1 is 1.22 bits per heavy atom. The molecule has 116 valence electrons. The van der Waals surface area contributed by atoms with Gasteiger partial charge in [0.05, 0.1) is 0 Å². The van der Waals surface area contributed by atoms with Gasteiger partial charge in [-0.3, -0.25) is 4.79 Å². The number of hydrogen-bond donors (Lipinski definition) is 0. The molecule has 0 bridgehead atoms. The second-order valence-corrected chi connectivity index (χ2v) is 5.56. The van der Waals surface area contributed by atoms with Crippen molar-refractivity contribution in [1.82, 2.24) is 9.55 Å². The monoisotopic (exact) mass is 309 g/mol. The summed E-state index contributed by atoms with van der Waals surface area (Å²) >= 11 is 0. The summed E-state index contributed by atoms with van der Waals surface area (Å²) in [5.74, 6) is -0.690. The van der Waals surface area contributed by atoms with Crippen molar-refractivity contribution in [2.75, 3.05) is 11.4 Å². The molecule has 0 radical (unpaired) electrons. The molecule has 1 aliphatic heterocycles. The van der Waals surface area contributed by atoms with Crippen molar-refractivity contribution in [3.05, 3.63) is 58.7 Å². The van der Waals surface area contributed by atoms with Crippen molar-refractivity contribution >= 4 is 22.8 Å². The Balaban J connectivity index is 1.68. The molecule has 0 aliphatic carbocycles. The molecular formula is C17H15N3O3. The lowest BCUT2D eigenvalue weighted by molar-refractivity contribution is -0.119. The Bertz CT molecular complexity index is 941. The van der Waals surface area contributed by atoms with Gasteiger partial charge in [0.15, 0.2) is 11.2 Å². The second kappa shape index (κ2) is 5.39.